The molecule has 1 heterocycles. The van der Waals surface area contributed by atoms with Gasteiger partial charge >= 0.3 is 0 Å². The third-order valence-electron chi connectivity index (χ3n) is 3.41. The molecule has 0 aromatic carbocycles. The second-order valence-corrected chi connectivity index (χ2v) is 5.31. The highest BCUT2D eigenvalue weighted by atomic mass is 16.5. The van der Waals surface area contributed by atoms with Crippen molar-refractivity contribution < 1.29 is 4.52 Å². The van der Waals surface area contributed by atoms with Crippen LogP contribution in [-0.4, -0.2) is 10.1 Å². The second-order valence-electron chi connectivity index (χ2n) is 5.31. The lowest BCUT2D eigenvalue weighted by Crippen LogP contribution is -2.11. The zero-order valence-electron chi connectivity index (χ0n) is 12.5. The summed E-state index contributed by atoms with van der Waals surface area (Å²) in [5.41, 5.74) is 5.96. The number of hydrogen-bond donors (Lipinski definition) is 1. The van der Waals surface area contributed by atoms with E-state index in [-0.39, 0.29) is 6.04 Å². The molecule has 0 aliphatic rings. The number of unbranched alkanes of at least 4 members (excludes halogenated alkanes) is 6. The van der Waals surface area contributed by atoms with E-state index in [0.717, 1.165) is 31.6 Å². The van der Waals surface area contributed by atoms with Gasteiger partial charge in [0.1, 0.15) is 0 Å². The van der Waals surface area contributed by atoms with Gasteiger partial charge in [0.2, 0.25) is 5.89 Å². The highest BCUT2D eigenvalue weighted by Gasteiger charge is 2.12. The Kier molecular flexibility index (Phi) is 8.47. The minimum Gasteiger partial charge on any atom is -0.339 e. The summed E-state index contributed by atoms with van der Waals surface area (Å²) in [5, 5.41) is 3.96. The molecule has 0 saturated carbocycles. The zero-order valence-corrected chi connectivity index (χ0v) is 12.5. The molecule has 1 aromatic rings. The van der Waals surface area contributed by atoms with Crippen LogP contribution in [0.2, 0.25) is 0 Å². The third-order valence-corrected chi connectivity index (χ3v) is 3.41. The number of nitrogens with two attached hydrogens (primary N) is 1. The van der Waals surface area contributed by atoms with Crippen LogP contribution in [0.1, 0.15) is 89.4 Å². The fraction of sp³-hybridized carbons (Fsp3) is 0.867. The van der Waals surface area contributed by atoms with Crippen LogP contribution in [0.25, 0.3) is 0 Å². The third kappa shape index (κ3) is 6.71. The first-order valence-electron chi connectivity index (χ1n) is 7.86. The molecule has 4 heteroatoms. The highest BCUT2D eigenvalue weighted by molar-refractivity contribution is 4.92. The van der Waals surface area contributed by atoms with Crippen molar-refractivity contribution in [2.45, 2.75) is 84.1 Å². The maximum Gasteiger partial charge on any atom is 0.226 e. The molecular weight excluding hydrogens is 238 g/mol. The van der Waals surface area contributed by atoms with Gasteiger partial charge in [-0.1, -0.05) is 63.9 Å². The maximum atomic E-state index is 5.96. The van der Waals surface area contributed by atoms with Crippen molar-refractivity contribution in [2.24, 2.45) is 5.73 Å². The summed E-state index contributed by atoms with van der Waals surface area (Å²) in [4.78, 5) is 4.37. The summed E-state index contributed by atoms with van der Waals surface area (Å²) in [7, 11) is 0. The number of aryl methyl sites for hydroxylation is 1. The fourth-order valence-electron chi connectivity index (χ4n) is 2.19. The van der Waals surface area contributed by atoms with Gasteiger partial charge in [0.15, 0.2) is 5.82 Å². The molecule has 0 bridgehead atoms. The summed E-state index contributed by atoms with van der Waals surface area (Å²) in [5.74, 6) is 1.41. The predicted molar refractivity (Wildman–Crippen MR) is 77.8 cm³/mol. The van der Waals surface area contributed by atoms with Crippen molar-refractivity contribution in [2.75, 3.05) is 0 Å². The largest absolute Gasteiger partial charge is 0.339 e. The van der Waals surface area contributed by atoms with Gasteiger partial charge in [-0.2, -0.15) is 4.98 Å². The smallest absolute Gasteiger partial charge is 0.226 e. The SMILES string of the molecule is CCCCCCCCCc1nc(C(N)CCC)no1. The van der Waals surface area contributed by atoms with Gasteiger partial charge in [0.25, 0.3) is 0 Å². The van der Waals surface area contributed by atoms with Gasteiger partial charge in [-0.15, -0.1) is 0 Å². The Morgan fingerprint density at radius 1 is 1.00 bits per heavy atom. The van der Waals surface area contributed by atoms with Crippen LogP contribution in [0.3, 0.4) is 0 Å². The van der Waals surface area contributed by atoms with Gasteiger partial charge in [-0.05, 0) is 12.8 Å². The minimum absolute atomic E-state index is 0.0726. The first-order valence-corrected chi connectivity index (χ1v) is 7.86. The van der Waals surface area contributed by atoms with Gasteiger partial charge in [-0.25, -0.2) is 0 Å². The van der Waals surface area contributed by atoms with Gasteiger partial charge < -0.3 is 10.3 Å². The van der Waals surface area contributed by atoms with Crippen LogP contribution in [0, 0.1) is 0 Å². The molecule has 0 fully saturated rings. The number of rotatable bonds is 11. The molecule has 0 aliphatic heterocycles. The Morgan fingerprint density at radius 2 is 1.68 bits per heavy atom. The van der Waals surface area contributed by atoms with E-state index in [1.165, 1.54) is 38.5 Å². The van der Waals surface area contributed by atoms with Crippen molar-refractivity contribution in [3.63, 3.8) is 0 Å². The number of nitrogens with zero attached hydrogens (tertiary/aromatic N) is 2. The molecule has 1 unspecified atom stereocenters. The normalized spacial score (nSPS) is 12.8. The quantitative estimate of drug-likeness (QED) is 0.611. The lowest BCUT2D eigenvalue weighted by molar-refractivity contribution is 0.364. The van der Waals surface area contributed by atoms with E-state index in [1.807, 2.05) is 0 Å². The van der Waals surface area contributed by atoms with Crippen molar-refractivity contribution in [3.05, 3.63) is 11.7 Å². The molecule has 1 rings (SSSR count). The van der Waals surface area contributed by atoms with Crippen LogP contribution < -0.4 is 5.73 Å². The molecule has 0 radical (unpaired) electrons. The Bertz CT molecular complexity index is 325. The van der Waals surface area contributed by atoms with Crippen LogP contribution in [0.5, 0.6) is 0 Å². The van der Waals surface area contributed by atoms with E-state index in [0.29, 0.717) is 5.82 Å². The topological polar surface area (TPSA) is 64.9 Å². The molecule has 4 nitrogen and oxygen atoms in total. The summed E-state index contributed by atoms with van der Waals surface area (Å²) < 4.78 is 5.24. The van der Waals surface area contributed by atoms with E-state index in [2.05, 4.69) is 24.0 Å². The monoisotopic (exact) mass is 267 g/mol. The second kappa shape index (κ2) is 9.96. The predicted octanol–water partition coefficient (Wildman–Crippen LogP) is 4.16. The summed E-state index contributed by atoms with van der Waals surface area (Å²) in [6.07, 6.45) is 11.9. The molecule has 2 N–H and O–H groups in total. The Hall–Kier alpha value is -0.900. The van der Waals surface area contributed by atoms with E-state index < -0.39 is 0 Å². The van der Waals surface area contributed by atoms with Crippen LogP contribution in [0.4, 0.5) is 0 Å². The lowest BCUT2D eigenvalue weighted by atomic mass is 10.1. The summed E-state index contributed by atoms with van der Waals surface area (Å²) >= 11 is 0. The van der Waals surface area contributed by atoms with E-state index in [9.17, 15) is 0 Å². The molecular formula is C15H29N3O. The summed E-state index contributed by atoms with van der Waals surface area (Å²) in [6.45, 7) is 4.36. The van der Waals surface area contributed by atoms with Gasteiger partial charge in [-0.3, -0.25) is 0 Å². The molecule has 1 aromatic heterocycles. The van der Waals surface area contributed by atoms with Crippen molar-refractivity contribution in [3.8, 4) is 0 Å². The molecule has 0 aliphatic carbocycles. The standard InChI is InChI=1S/C15H29N3O/c1-3-5-6-7-8-9-10-12-14-17-15(18-19-14)13(16)11-4-2/h13H,3-12,16H2,1-2H3. The Balaban J connectivity index is 2.13. The Morgan fingerprint density at radius 3 is 2.37 bits per heavy atom. The fourth-order valence-corrected chi connectivity index (χ4v) is 2.19. The molecule has 0 amide bonds. The van der Waals surface area contributed by atoms with E-state index in [1.54, 1.807) is 0 Å². The maximum absolute atomic E-state index is 5.96. The van der Waals surface area contributed by atoms with Crippen LogP contribution in [0.15, 0.2) is 4.52 Å². The number of hydrogen-bond acceptors (Lipinski definition) is 4. The lowest BCUT2D eigenvalue weighted by Gasteiger charge is -2.02. The average Bonchev–Trinajstić information content (AvgIpc) is 2.87. The molecule has 1 atom stereocenters. The van der Waals surface area contributed by atoms with Crippen LogP contribution in [-0.2, 0) is 6.42 Å². The van der Waals surface area contributed by atoms with Gasteiger partial charge in [0.05, 0.1) is 6.04 Å². The van der Waals surface area contributed by atoms with Crippen LogP contribution >= 0.6 is 0 Å². The average molecular weight is 267 g/mol. The minimum atomic E-state index is -0.0726. The van der Waals surface area contributed by atoms with E-state index in [4.69, 9.17) is 10.3 Å². The molecule has 0 spiro atoms. The first kappa shape index (κ1) is 16.2. The zero-order chi connectivity index (χ0) is 13.9. The molecule has 19 heavy (non-hydrogen) atoms. The van der Waals surface area contributed by atoms with E-state index >= 15 is 0 Å². The molecule has 0 saturated heterocycles. The Labute approximate surface area is 117 Å². The van der Waals surface area contributed by atoms with Crippen molar-refractivity contribution >= 4 is 0 Å². The number of aromatic nitrogens is 2. The highest BCUT2D eigenvalue weighted by Crippen LogP contribution is 2.14. The van der Waals surface area contributed by atoms with Crippen molar-refractivity contribution in [1.82, 2.24) is 10.1 Å². The van der Waals surface area contributed by atoms with Gasteiger partial charge in [0, 0.05) is 6.42 Å². The molecule has 110 valence electrons. The summed E-state index contributed by atoms with van der Waals surface area (Å²) in [6, 6.07) is -0.0726. The first-order chi connectivity index (χ1) is 9.27. The van der Waals surface area contributed by atoms with Crippen molar-refractivity contribution in [1.29, 1.82) is 0 Å².